The molecule has 2 fully saturated rings. The number of amides is 2. The second-order valence-corrected chi connectivity index (χ2v) is 14.4. The van der Waals surface area contributed by atoms with Crippen LogP contribution in [0.1, 0.15) is 90.1 Å². The molecule has 2 amide bonds. The number of aryl methyl sites for hydroxylation is 1. The minimum absolute atomic E-state index is 0.0337. The van der Waals surface area contributed by atoms with Crippen molar-refractivity contribution in [2.45, 2.75) is 64.0 Å². The average Bonchev–Trinajstić information content (AvgIpc) is 4.05. The first-order chi connectivity index (χ1) is 26.4. The van der Waals surface area contributed by atoms with Gasteiger partial charge in [-0.3, -0.25) is 9.59 Å². The van der Waals surface area contributed by atoms with Crippen molar-refractivity contribution in [1.82, 2.24) is 29.7 Å². The quantitative estimate of drug-likeness (QED) is 0.155. The number of aromatic nitrogens is 4. The lowest BCUT2D eigenvalue weighted by atomic mass is 9.95. The van der Waals surface area contributed by atoms with Crippen molar-refractivity contribution < 1.29 is 9.59 Å². The maximum Gasteiger partial charge on any atom is 0.230 e. The third-order valence-corrected chi connectivity index (χ3v) is 10.9. The van der Waals surface area contributed by atoms with Crippen molar-refractivity contribution in [3.8, 4) is 34.4 Å². The molecule has 0 saturated carbocycles. The van der Waals surface area contributed by atoms with Crippen LogP contribution < -0.4 is 0 Å². The van der Waals surface area contributed by atoms with E-state index in [1.165, 1.54) is 0 Å². The molecule has 0 spiro atoms. The number of rotatable bonds is 8. The zero-order valence-electron chi connectivity index (χ0n) is 30.8. The summed E-state index contributed by atoms with van der Waals surface area (Å²) in [7, 11) is 0. The molecule has 8 heteroatoms. The molecule has 2 N–H and O–H groups in total. The van der Waals surface area contributed by atoms with Crippen LogP contribution in [0.25, 0.3) is 22.5 Å². The zero-order chi connectivity index (χ0) is 37.0. The molecule has 8 rings (SSSR count). The molecule has 3 atom stereocenters. The molecule has 2 aromatic heterocycles. The molecule has 2 saturated heterocycles. The van der Waals surface area contributed by atoms with Gasteiger partial charge in [-0.25, -0.2) is 9.97 Å². The Balaban J connectivity index is 0.888. The number of benzene rings is 4. The van der Waals surface area contributed by atoms with Crippen molar-refractivity contribution in [2.75, 3.05) is 13.1 Å². The summed E-state index contributed by atoms with van der Waals surface area (Å²) in [6.45, 7) is 5.57. The van der Waals surface area contributed by atoms with Gasteiger partial charge >= 0.3 is 0 Å². The molecule has 270 valence electrons. The topological polar surface area (TPSA) is 98.0 Å². The van der Waals surface area contributed by atoms with Crippen molar-refractivity contribution in [1.29, 1.82) is 0 Å². The van der Waals surface area contributed by atoms with Crippen molar-refractivity contribution in [3.63, 3.8) is 0 Å². The second kappa shape index (κ2) is 15.4. The molecule has 2 aliphatic heterocycles. The Labute approximate surface area is 316 Å². The number of hydrogen-bond donors (Lipinski definition) is 2. The number of aromatic amines is 2. The Bertz CT molecular complexity index is 2310. The molecule has 4 heterocycles. The SMILES string of the molecule is Cc1ccccc1C(C)C(=O)N1CCC[C@H]1c1ncc(-c2ccc(C#Cc3ccc(-c4cnc(C5CCCN5C(=O)Cc5ccccc5)[nH]4)cc3)cc2)[nH]1. The number of carbonyl (C=O) groups is 2. The molecule has 4 aromatic carbocycles. The van der Waals surface area contributed by atoms with E-state index in [4.69, 9.17) is 9.97 Å². The van der Waals surface area contributed by atoms with Gasteiger partial charge in [0.05, 0.1) is 48.2 Å². The second-order valence-electron chi connectivity index (χ2n) is 14.4. The van der Waals surface area contributed by atoms with Crippen LogP contribution in [0.3, 0.4) is 0 Å². The van der Waals surface area contributed by atoms with E-state index >= 15 is 0 Å². The molecular formula is C46H44N6O2. The third kappa shape index (κ3) is 7.35. The van der Waals surface area contributed by atoms with Crippen molar-refractivity contribution in [3.05, 3.63) is 155 Å². The fourth-order valence-electron chi connectivity index (χ4n) is 7.91. The van der Waals surface area contributed by atoms with E-state index in [-0.39, 0.29) is 29.8 Å². The van der Waals surface area contributed by atoms with Crippen molar-refractivity contribution >= 4 is 11.8 Å². The van der Waals surface area contributed by atoms with E-state index in [1.54, 1.807) is 0 Å². The summed E-state index contributed by atoms with van der Waals surface area (Å²) >= 11 is 0. The molecule has 2 aliphatic rings. The first kappa shape index (κ1) is 34.9. The van der Waals surface area contributed by atoms with E-state index in [2.05, 4.69) is 65.1 Å². The monoisotopic (exact) mass is 712 g/mol. The van der Waals surface area contributed by atoms with Gasteiger partial charge in [-0.15, -0.1) is 0 Å². The normalized spacial score (nSPS) is 17.3. The summed E-state index contributed by atoms with van der Waals surface area (Å²) in [5, 5.41) is 0. The molecule has 0 bridgehead atoms. The number of hydrogen-bond acceptors (Lipinski definition) is 4. The predicted octanol–water partition coefficient (Wildman–Crippen LogP) is 8.55. The predicted molar refractivity (Wildman–Crippen MR) is 211 cm³/mol. The van der Waals surface area contributed by atoms with E-state index < -0.39 is 0 Å². The summed E-state index contributed by atoms with van der Waals surface area (Å²) < 4.78 is 0. The van der Waals surface area contributed by atoms with Gasteiger partial charge in [-0.05, 0) is 91.6 Å². The van der Waals surface area contributed by atoms with Crippen LogP contribution in [0.5, 0.6) is 0 Å². The van der Waals surface area contributed by atoms with Crippen LogP contribution >= 0.6 is 0 Å². The number of imidazole rings is 2. The van der Waals surface area contributed by atoms with E-state index in [0.717, 1.165) is 101 Å². The molecule has 6 aromatic rings. The van der Waals surface area contributed by atoms with Gasteiger partial charge in [0.2, 0.25) is 11.8 Å². The van der Waals surface area contributed by atoms with Crippen LogP contribution in [0.2, 0.25) is 0 Å². The van der Waals surface area contributed by atoms with Crippen LogP contribution in [-0.2, 0) is 16.0 Å². The van der Waals surface area contributed by atoms with E-state index in [0.29, 0.717) is 6.42 Å². The molecule has 0 radical (unpaired) electrons. The number of carbonyl (C=O) groups excluding carboxylic acids is 2. The lowest BCUT2D eigenvalue weighted by Crippen LogP contribution is -2.34. The fraction of sp³-hybridized carbons (Fsp3) is 0.261. The number of H-pyrrole nitrogens is 2. The standard InChI is InChI=1S/C46H44N6O2/c1-31-10-6-7-13-38(31)32(2)46(54)52-27-9-15-42(52)45-48-30-40(50-45)37-24-20-34(21-25-37)17-16-33-18-22-36(23-19-33)39-29-47-44(49-39)41-14-8-26-51(41)43(53)28-35-11-4-3-5-12-35/h3-7,10-13,18-25,29-30,32,41-42H,8-9,14-15,26-28H2,1-2H3,(H,47,49)(H,48,50)/t32?,41?,42-/m0/s1. The summed E-state index contributed by atoms with van der Waals surface area (Å²) in [6.07, 6.45) is 7.86. The summed E-state index contributed by atoms with van der Waals surface area (Å²) in [4.78, 5) is 47.2. The van der Waals surface area contributed by atoms with E-state index in [1.807, 2.05) is 95.8 Å². The van der Waals surface area contributed by atoms with Crippen molar-refractivity contribution in [2.24, 2.45) is 0 Å². The molecule has 0 aliphatic carbocycles. The summed E-state index contributed by atoms with van der Waals surface area (Å²) in [5.41, 5.74) is 8.98. The van der Waals surface area contributed by atoms with E-state index in [9.17, 15) is 9.59 Å². The van der Waals surface area contributed by atoms with Crippen LogP contribution in [0.4, 0.5) is 0 Å². The highest BCUT2D eigenvalue weighted by Crippen LogP contribution is 2.35. The van der Waals surface area contributed by atoms with Gasteiger partial charge in [-0.1, -0.05) is 90.7 Å². The molecule has 8 nitrogen and oxygen atoms in total. The van der Waals surface area contributed by atoms with Gasteiger partial charge in [0, 0.05) is 24.2 Å². The third-order valence-electron chi connectivity index (χ3n) is 10.9. The maximum atomic E-state index is 13.6. The minimum Gasteiger partial charge on any atom is -0.340 e. The lowest BCUT2D eigenvalue weighted by Gasteiger charge is -2.27. The lowest BCUT2D eigenvalue weighted by molar-refractivity contribution is -0.133. The van der Waals surface area contributed by atoms with Gasteiger partial charge < -0.3 is 19.8 Å². The molecule has 54 heavy (non-hydrogen) atoms. The Morgan fingerprint density at radius 3 is 1.80 bits per heavy atom. The first-order valence-corrected chi connectivity index (χ1v) is 18.9. The zero-order valence-corrected chi connectivity index (χ0v) is 30.8. The summed E-state index contributed by atoms with van der Waals surface area (Å²) in [6, 6.07) is 34.3. The average molecular weight is 713 g/mol. The van der Waals surface area contributed by atoms with Gasteiger partial charge in [0.1, 0.15) is 11.6 Å². The Kier molecular flexibility index (Phi) is 9.95. The van der Waals surface area contributed by atoms with Gasteiger partial charge in [0.15, 0.2) is 0 Å². The highest BCUT2D eigenvalue weighted by molar-refractivity contribution is 5.84. The Hall–Kier alpha value is -6.20. The molecular weight excluding hydrogens is 669 g/mol. The smallest absolute Gasteiger partial charge is 0.230 e. The van der Waals surface area contributed by atoms with Gasteiger partial charge in [0.25, 0.3) is 0 Å². The Morgan fingerprint density at radius 1 is 0.704 bits per heavy atom. The van der Waals surface area contributed by atoms with Crippen LogP contribution in [-0.4, -0.2) is 54.6 Å². The summed E-state index contributed by atoms with van der Waals surface area (Å²) in [5.74, 6) is 8.34. The first-order valence-electron chi connectivity index (χ1n) is 18.9. The highest BCUT2D eigenvalue weighted by Gasteiger charge is 2.35. The van der Waals surface area contributed by atoms with Gasteiger partial charge in [-0.2, -0.15) is 0 Å². The highest BCUT2D eigenvalue weighted by atomic mass is 16.2. The maximum absolute atomic E-state index is 13.6. The Morgan fingerprint density at radius 2 is 1.22 bits per heavy atom. The minimum atomic E-state index is -0.199. The largest absolute Gasteiger partial charge is 0.340 e. The number of nitrogens with zero attached hydrogens (tertiary/aromatic N) is 4. The fourth-order valence-corrected chi connectivity index (χ4v) is 7.91. The number of nitrogens with one attached hydrogen (secondary N) is 2. The van der Waals surface area contributed by atoms with Crippen LogP contribution in [0, 0.1) is 18.8 Å². The van der Waals surface area contributed by atoms with Crippen LogP contribution in [0.15, 0.2) is 116 Å². The molecule has 2 unspecified atom stereocenters. The number of likely N-dealkylation sites (tertiary alicyclic amines) is 2.